The minimum atomic E-state index is -3.12. The summed E-state index contributed by atoms with van der Waals surface area (Å²) in [7, 11) is 0. The van der Waals surface area contributed by atoms with Crippen molar-refractivity contribution in [3.8, 4) is 0 Å². The standard InChI is InChI=1S/C46H52N6O8/c1-29(53)46(41(57)60-44(5,6)7,51(35-16-10-9-11-17-35)39(55)36(47)27-37(54)59-43(2,3)4)52-40(56)45(8,34-22-20-32(21-23-34)38-48-24-25-49-38)50(42(52)58)28-30-18-19-31-14-12-13-15-33(31)26-30/h9-23,26,36H,24-25,27-28,47H2,1-8H3,(H,48,49)/t36-,45+,46-/m0/s1. The summed E-state index contributed by atoms with van der Waals surface area (Å²) in [6.45, 7) is 13.3. The van der Waals surface area contributed by atoms with Crippen LogP contribution in [0.25, 0.3) is 10.8 Å². The van der Waals surface area contributed by atoms with E-state index in [4.69, 9.17) is 15.2 Å². The Hall–Kier alpha value is -6.41. The van der Waals surface area contributed by atoms with Crippen LogP contribution in [0.3, 0.4) is 0 Å². The Morgan fingerprint density at radius 1 is 0.850 bits per heavy atom. The average Bonchev–Trinajstić information content (AvgIpc) is 3.78. The van der Waals surface area contributed by atoms with Gasteiger partial charge in [0.1, 0.15) is 22.6 Å². The highest BCUT2D eigenvalue weighted by Crippen LogP contribution is 2.45. The van der Waals surface area contributed by atoms with E-state index in [0.29, 0.717) is 35.0 Å². The molecule has 4 aromatic carbocycles. The van der Waals surface area contributed by atoms with Crippen LogP contribution in [-0.4, -0.2) is 87.2 Å². The quantitative estimate of drug-likeness (QED) is 0.104. The van der Waals surface area contributed by atoms with Gasteiger partial charge in [0.15, 0.2) is 5.78 Å². The topological polar surface area (TPSA) is 181 Å². The van der Waals surface area contributed by atoms with Crippen LogP contribution in [-0.2, 0) is 45.5 Å². The van der Waals surface area contributed by atoms with E-state index in [1.807, 2.05) is 42.5 Å². The van der Waals surface area contributed by atoms with Gasteiger partial charge in [-0.05, 0) is 95.5 Å². The van der Waals surface area contributed by atoms with E-state index >= 15 is 14.4 Å². The van der Waals surface area contributed by atoms with Gasteiger partial charge in [-0.25, -0.2) is 14.5 Å². The molecule has 0 unspecified atom stereocenters. The molecular weight excluding hydrogens is 765 g/mol. The number of nitrogens with zero attached hydrogens (tertiary/aromatic N) is 4. The molecule has 1 saturated heterocycles. The summed E-state index contributed by atoms with van der Waals surface area (Å²) in [4.78, 5) is 96.2. The minimum absolute atomic E-state index is 0.0762. The SMILES string of the molecule is CC(=O)[C@@](C(=O)OC(C)(C)C)(N1C(=O)N(Cc2ccc3ccccc3c2)[C@](C)(c2ccc(C3=NCCN3)cc2)C1=O)N(C(=O)[C@@H](N)CC(=O)OC(C)(C)C)c1ccccc1. The molecule has 2 aliphatic rings. The summed E-state index contributed by atoms with van der Waals surface area (Å²) in [5.74, 6) is -4.76. The number of aliphatic imine (C=N–C) groups is 1. The fourth-order valence-electron chi connectivity index (χ4n) is 7.54. The molecule has 314 valence electrons. The molecule has 3 N–H and O–H groups in total. The molecule has 0 bridgehead atoms. The number of imide groups is 1. The maximum Gasteiger partial charge on any atom is 0.363 e. The van der Waals surface area contributed by atoms with Crippen molar-refractivity contribution in [2.75, 3.05) is 18.0 Å². The zero-order valence-corrected chi connectivity index (χ0v) is 35.3. The number of carbonyl (C=O) groups is 6. The number of para-hydroxylation sites is 1. The average molecular weight is 817 g/mol. The molecule has 6 rings (SSSR count). The van der Waals surface area contributed by atoms with Crippen molar-refractivity contribution in [1.82, 2.24) is 15.1 Å². The lowest BCUT2D eigenvalue weighted by Gasteiger charge is -2.45. The Labute approximate surface area is 349 Å². The summed E-state index contributed by atoms with van der Waals surface area (Å²) >= 11 is 0. The maximum atomic E-state index is 15.7. The Bertz CT molecular complexity index is 2370. The van der Waals surface area contributed by atoms with Crippen molar-refractivity contribution in [2.24, 2.45) is 10.7 Å². The van der Waals surface area contributed by atoms with Crippen LogP contribution in [0.2, 0.25) is 0 Å². The van der Waals surface area contributed by atoms with Crippen LogP contribution in [0.1, 0.15) is 78.5 Å². The number of ketones is 1. The van der Waals surface area contributed by atoms with Gasteiger partial charge in [-0.15, -0.1) is 0 Å². The van der Waals surface area contributed by atoms with Gasteiger partial charge >= 0.3 is 18.0 Å². The van der Waals surface area contributed by atoms with Crippen LogP contribution in [0.4, 0.5) is 10.5 Å². The zero-order valence-electron chi connectivity index (χ0n) is 35.3. The predicted octanol–water partition coefficient (Wildman–Crippen LogP) is 5.59. The second-order valence-corrected chi connectivity index (χ2v) is 17.1. The summed E-state index contributed by atoms with van der Waals surface area (Å²) < 4.78 is 11.4. The number of Topliss-reactive ketones (excluding diaryl/α,β-unsaturated/α-hetero) is 1. The normalized spacial score (nSPS) is 18.4. The summed E-state index contributed by atoms with van der Waals surface area (Å²) in [5, 5.41) is 5.06. The van der Waals surface area contributed by atoms with Crippen molar-refractivity contribution < 1.29 is 38.2 Å². The molecule has 4 amide bonds. The van der Waals surface area contributed by atoms with Gasteiger partial charge in [-0.3, -0.25) is 29.1 Å². The third kappa shape index (κ3) is 8.24. The molecule has 2 heterocycles. The number of anilines is 1. The van der Waals surface area contributed by atoms with Gasteiger partial charge in [-0.1, -0.05) is 78.9 Å². The number of rotatable bonds is 12. The van der Waals surface area contributed by atoms with Crippen molar-refractivity contribution in [3.63, 3.8) is 0 Å². The van der Waals surface area contributed by atoms with Gasteiger partial charge in [0, 0.05) is 24.3 Å². The van der Waals surface area contributed by atoms with Crippen LogP contribution >= 0.6 is 0 Å². The third-order valence-corrected chi connectivity index (χ3v) is 10.3. The summed E-state index contributed by atoms with van der Waals surface area (Å²) in [6.07, 6.45) is -0.665. The number of hydrogen-bond acceptors (Lipinski definition) is 11. The zero-order chi connectivity index (χ0) is 43.8. The van der Waals surface area contributed by atoms with E-state index in [0.717, 1.165) is 28.2 Å². The molecule has 0 aromatic heterocycles. The molecule has 0 radical (unpaired) electrons. The van der Waals surface area contributed by atoms with Crippen LogP contribution < -0.4 is 16.0 Å². The highest BCUT2D eigenvalue weighted by molar-refractivity contribution is 6.24. The monoisotopic (exact) mass is 816 g/mol. The van der Waals surface area contributed by atoms with E-state index in [2.05, 4.69) is 10.3 Å². The Balaban J connectivity index is 1.59. The second-order valence-electron chi connectivity index (χ2n) is 17.1. The van der Waals surface area contributed by atoms with E-state index < -0.39 is 70.4 Å². The number of amidine groups is 1. The number of carbonyl (C=O) groups excluding carboxylic acids is 6. The van der Waals surface area contributed by atoms with Gasteiger partial charge < -0.3 is 25.4 Å². The largest absolute Gasteiger partial charge is 0.460 e. The first-order valence-corrected chi connectivity index (χ1v) is 19.8. The molecule has 14 nitrogen and oxygen atoms in total. The van der Waals surface area contributed by atoms with Crippen LogP contribution in [0, 0.1) is 0 Å². The van der Waals surface area contributed by atoms with Crippen molar-refractivity contribution in [3.05, 3.63) is 114 Å². The lowest BCUT2D eigenvalue weighted by Crippen LogP contribution is -2.75. The molecule has 2 aliphatic heterocycles. The number of hydrogen-bond donors (Lipinski definition) is 2. The third-order valence-electron chi connectivity index (χ3n) is 10.3. The van der Waals surface area contributed by atoms with Crippen molar-refractivity contribution in [1.29, 1.82) is 0 Å². The van der Waals surface area contributed by atoms with E-state index in [-0.39, 0.29) is 12.2 Å². The highest BCUT2D eigenvalue weighted by atomic mass is 16.6. The van der Waals surface area contributed by atoms with Crippen LogP contribution in [0.5, 0.6) is 0 Å². The lowest BCUT2D eigenvalue weighted by molar-refractivity contribution is -0.174. The molecule has 0 spiro atoms. The Morgan fingerprint density at radius 3 is 2.05 bits per heavy atom. The molecule has 1 fully saturated rings. The molecule has 0 aliphatic carbocycles. The lowest BCUT2D eigenvalue weighted by atomic mass is 9.88. The molecule has 60 heavy (non-hydrogen) atoms. The Morgan fingerprint density at radius 2 is 1.47 bits per heavy atom. The number of ether oxygens (including phenoxy) is 2. The number of urea groups is 1. The van der Waals surface area contributed by atoms with Crippen molar-refractivity contribution in [2.45, 2.75) is 96.8 Å². The van der Waals surface area contributed by atoms with Crippen molar-refractivity contribution >= 4 is 57.9 Å². The highest BCUT2D eigenvalue weighted by Gasteiger charge is 2.70. The smallest absolute Gasteiger partial charge is 0.363 e. The summed E-state index contributed by atoms with van der Waals surface area (Å²) in [5.41, 5.74) is 0.940. The number of nitrogens with two attached hydrogens (primary N) is 1. The molecule has 14 heteroatoms. The summed E-state index contributed by atoms with van der Waals surface area (Å²) in [6, 6.07) is 25.0. The molecule has 0 saturated carbocycles. The van der Waals surface area contributed by atoms with Gasteiger partial charge in [0.25, 0.3) is 11.6 Å². The number of esters is 2. The number of amides is 4. The predicted molar refractivity (Wildman–Crippen MR) is 227 cm³/mol. The fraction of sp³-hybridized carbons (Fsp3) is 0.370. The van der Waals surface area contributed by atoms with E-state index in [1.54, 1.807) is 84.0 Å². The Kier molecular flexibility index (Phi) is 11.7. The first-order chi connectivity index (χ1) is 28.2. The number of nitrogens with one attached hydrogen (secondary N) is 1. The molecular formula is C46H52N6O8. The van der Waals surface area contributed by atoms with E-state index in [9.17, 15) is 14.4 Å². The first kappa shape index (κ1) is 43.2. The minimum Gasteiger partial charge on any atom is -0.460 e. The first-order valence-electron chi connectivity index (χ1n) is 19.8. The molecule has 3 atom stereocenters. The fourth-order valence-corrected chi connectivity index (χ4v) is 7.54. The van der Waals surface area contributed by atoms with Gasteiger partial charge in [0.2, 0.25) is 5.91 Å². The second kappa shape index (κ2) is 16.3. The number of fused-ring (bicyclic) bond motifs is 1. The van der Waals surface area contributed by atoms with E-state index in [1.165, 1.54) is 24.0 Å². The van der Waals surface area contributed by atoms with Crippen LogP contribution in [0.15, 0.2) is 102 Å². The van der Waals surface area contributed by atoms with Gasteiger partial charge in [-0.2, -0.15) is 0 Å². The maximum absolute atomic E-state index is 15.7. The number of benzene rings is 4. The molecule has 4 aromatic rings. The van der Waals surface area contributed by atoms with Gasteiger partial charge in [0.05, 0.1) is 19.0 Å².